The molecule has 0 saturated heterocycles. The summed E-state index contributed by atoms with van der Waals surface area (Å²) in [6.45, 7) is 3.95. The van der Waals surface area contributed by atoms with Crippen molar-refractivity contribution in [1.29, 1.82) is 0 Å². The first-order valence-corrected chi connectivity index (χ1v) is 4.56. The van der Waals surface area contributed by atoms with Crippen LogP contribution in [0.3, 0.4) is 0 Å². The van der Waals surface area contributed by atoms with Crippen molar-refractivity contribution < 1.29 is 9.13 Å². The average molecular weight is 182 g/mol. The van der Waals surface area contributed by atoms with E-state index in [2.05, 4.69) is 0 Å². The fourth-order valence-corrected chi connectivity index (χ4v) is 1.01. The van der Waals surface area contributed by atoms with Crippen molar-refractivity contribution in [1.82, 2.24) is 0 Å². The minimum Gasteiger partial charge on any atom is -0.491 e. The van der Waals surface area contributed by atoms with Gasteiger partial charge in [0.1, 0.15) is 18.5 Å². The largest absolute Gasteiger partial charge is 0.491 e. The van der Waals surface area contributed by atoms with Gasteiger partial charge in [0.05, 0.1) is 0 Å². The topological polar surface area (TPSA) is 9.23 Å². The molecule has 0 N–H and O–H groups in total. The first-order chi connectivity index (χ1) is 6.22. The molecule has 0 aromatic heterocycles. The number of rotatable bonds is 4. The van der Waals surface area contributed by atoms with Crippen LogP contribution in [0.2, 0.25) is 0 Å². The molecule has 13 heavy (non-hydrogen) atoms. The molecule has 0 aliphatic carbocycles. The van der Waals surface area contributed by atoms with Crippen LogP contribution in [-0.4, -0.2) is 12.8 Å². The number of ether oxygens (including phenoxy) is 1. The number of hydrogen-bond donors (Lipinski definition) is 0. The standard InChI is InChI=1S/C11H15FO/c1-3-10(12)8-13-11-6-4-5-9(2)7-11/h4-7,10H,3,8H2,1-2H3. The summed E-state index contributed by atoms with van der Waals surface area (Å²) in [4.78, 5) is 0. The summed E-state index contributed by atoms with van der Waals surface area (Å²) in [6.07, 6.45) is -0.355. The second-order valence-electron chi connectivity index (χ2n) is 3.13. The van der Waals surface area contributed by atoms with E-state index in [1.165, 1.54) is 0 Å². The molecule has 1 aromatic carbocycles. The molecule has 2 heteroatoms. The summed E-state index contributed by atoms with van der Waals surface area (Å²) in [5.41, 5.74) is 1.13. The maximum atomic E-state index is 12.8. The van der Waals surface area contributed by atoms with Gasteiger partial charge in [0.2, 0.25) is 0 Å². The van der Waals surface area contributed by atoms with Crippen LogP contribution in [0.5, 0.6) is 5.75 Å². The summed E-state index contributed by atoms with van der Waals surface area (Å²) in [6, 6.07) is 7.64. The van der Waals surface area contributed by atoms with Crippen molar-refractivity contribution in [2.75, 3.05) is 6.61 Å². The summed E-state index contributed by atoms with van der Waals surface area (Å²) < 4.78 is 18.1. The second-order valence-corrected chi connectivity index (χ2v) is 3.13. The maximum Gasteiger partial charge on any atom is 0.134 e. The summed E-state index contributed by atoms with van der Waals surface area (Å²) in [7, 11) is 0. The molecule has 0 spiro atoms. The van der Waals surface area contributed by atoms with Gasteiger partial charge in [-0.05, 0) is 31.0 Å². The Bertz CT molecular complexity index is 260. The van der Waals surface area contributed by atoms with Gasteiger partial charge >= 0.3 is 0 Å². The molecule has 1 rings (SSSR count). The van der Waals surface area contributed by atoms with Gasteiger partial charge in [-0.15, -0.1) is 0 Å². The van der Waals surface area contributed by atoms with Crippen LogP contribution < -0.4 is 4.74 Å². The third-order valence-electron chi connectivity index (χ3n) is 1.86. The van der Waals surface area contributed by atoms with Gasteiger partial charge in [-0.3, -0.25) is 0 Å². The Morgan fingerprint density at radius 3 is 2.85 bits per heavy atom. The lowest BCUT2D eigenvalue weighted by atomic mass is 10.2. The molecule has 1 unspecified atom stereocenters. The Morgan fingerprint density at radius 1 is 1.46 bits per heavy atom. The number of halogens is 1. The molecule has 0 fully saturated rings. The second kappa shape index (κ2) is 4.85. The number of benzene rings is 1. The van der Waals surface area contributed by atoms with Gasteiger partial charge in [0, 0.05) is 0 Å². The van der Waals surface area contributed by atoms with E-state index in [4.69, 9.17) is 4.74 Å². The zero-order valence-electron chi connectivity index (χ0n) is 8.09. The third-order valence-corrected chi connectivity index (χ3v) is 1.86. The minimum atomic E-state index is -0.861. The Hall–Kier alpha value is -1.05. The molecule has 0 bridgehead atoms. The molecule has 0 aliphatic rings. The van der Waals surface area contributed by atoms with E-state index in [0.29, 0.717) is 6.42 Å². The molecule has 1 aromatic rings. The van der Waals surface area contributed by atoms with Gasteiger partial charge < -0.3 is 4.74 Å². The number of aryl methyl sites for hydroxylation is 1. The van der Waals surface area contributed by atoms with E-state index in [9.17, 15) is 4.39 Å². The van der Waals surface area contributed by atoms with Gasteiger partial charge in [-0.25, -0.2) is 4.39 Å². The van der Waals surface area contributed by atoms with E-state index in [1.807, 2.05) is 38.1 Å². The highest BCUT2D eigenvalue weighted by Crippen LogP contribution is 2.13. The normalized spacial score (nSPS) is 12.5. The van der Waals surface area contributed by atoms with Crippen molar-refractivity contribution >= 4 is 0 Å². The molecule has 1 atom stereocenters. The molecular weight excluding hydrogens is 167 g/mol. The van der Waals surface area contributed by atoms with Gasteiger partial charge in [-0.1, -0.05) is 19.1 Å². The first-order valence-electron chi connectivity index (χ1n) is 4.56. The molecule has 0 heterocycles. The van der Waals surface area contributed by atoms with Crippen LogP contribution in [0.1, 0.15) is 18.9 Å². The smallest absolute Gasteiger partial charge is 0.134 e. The predicted octanol–water partition coefficient (Wildman–Crippen LogP) is 3.12. The molecule has 0 radical (unpaired) electrons. The highest BCUT2D eigenvalue weighted by molar-refractivity contribution is 5.27. The number of hydrogen-bond acceptors (Lipinski definition) is 1. The van der Waals surface area contributed by atoms with Crippen LogP contribution >= 0.6 is 0 Å². The molecule has 0 aliphatic heterocycles. The maximum absolute atomic E-state index is 12.8. The minimum absolute atomic E-state index is 0.153. The van der Waals surface area contributed by atoms with E-state index in [0.717, 1.165) is 11.3 Å². The highest BCUT2D eigenvalue weighted by Gasteiger charge is 2.03. The SMILES string of the molecule is CCC(F)COc1cccc(C)c1. The number of alkyl halides is 1. The highest BCUT2D eigenvalue weighted by atomic mass is 19.1. The zero-order chi connectivity index (χ0) is 9.68. The molecule has 0 amide bonds. The quantitative estimate of drug-likeness (QED) is 0.695. The molecule has 1 nitrogen and oxygen atoms in total. The Kier molecular flexibility index (Phi) is 3.74. The summed E-state index contributed by atoms with van der Waals surface area (Å²) >= 11 is 0. The zero-order valence-corrected chi connectivity index (χ0v) is 8.09. The fourth-order valence-electron chi connectivity index (χ4n) is 1.01. The fraction of sp³-hybridized carbons (Fsp3) is 0.455. The average Bonchev–Trinajstić information content (AvgIpc) is 2.14. The van der Waals surface area contributed by atoms with Crippen LogP contribution in [-0.2, 0) is 0 Å². The monoisotopic (exact) mass is 182 g/mol. The van der Waals surface area contributed by atoms with Crippen LogP contribution in [0.15, 0.2) is 24.3 Å². The lowest BCUT2D eigenvalue weighted by Crippen LogP contribution is -2.11. The van der Waals surface area contributed by atoms with Gasteiger partial charge in [0.15, 0.2) is 0 Å². The van der Waals surface area contributed by atoms with Crippen LogP contribution in [0.25, 0.3) is 0 Å². The van der Waals surface area contributed by atoms with Crippen molar-refractivity contribution in [3.63, 3.8) is 0 Å². The van der Waals surface area contributed by atoms with Crippen molar-refractivity contribution in [3.05, 3.63) is 29.8 Å². The van der Waals surface area contributed by atoms with E-state index < -0.39 is 6.17 Å². The van der Waals surface area contributed by atoms with E-state index >= 15 is 0 Å². The van der Waals surface area contributed by atoms with E-state index in [1.54, 1.807) is 0 Å². The van der Waals surface area contributed by atoms with Crippen LogP contribution in [0.4, 0.5) is 4.39 Å². The van der Waals surface area contributed by atoms with Crippen LogP contribution in [0, 0.1) is 6.92 Å². The lowest BCUT2D eigenvalue weighted by molar-refractivity contribution is 0.191. The van der Waals surface area contributed by atoms with Gasteiger partial charge in [-0.2, -0.15) is 0 Å². The van der Waals surface area contributed by atoms with Gasteiger partial charge in [0.25, 0.3) is 0 Å². The third kappa shape index (κ3) is 3.45. The Labute approximate surface area is 78.5 Å². The predicted molar refractivity (Wildman–Crippen MR) is 51.9 cm³/mol. The summed E-state index contributed by atoms with van der Waals surface area (Å²) in [5, 5.41) is 0. The van der Waals surface area contributed by atoms with Crippen molar-refractivity contribution in [2.45, 2.75) is 26.4 Å². The summed E-state index contributed by atoms with van der Waals surface area (Å²) in [5.74, 6) is 0.746. The Morgan fingerprint density at radius 2 is 2.23 bits per heavy atom. The molecule has 0 saturated carbocycles. The van der Waals surface area contributed by atoms with E-state index in [-0.39, 0.29) is 6.61 Å². The Balaban J connectivity index is 2.45. The first kappa shape index (κ1) is 10.0. The van der Waals surface area contributed by atoms with Crippen molar-refractivity contribution in [3.8, 4) is 5.75 Å². The lowest BCUT2D eigenvalue weighted by Gasteiger charge is -2.08. The van der Waals surface area contributed by atoms with Crippen molar-refractivity contribution in [2.24, 2.45) is 0 Å². The molecule has 72 valence electrons. The molecular formula is C11H15FO.